The van der Waals surface area contributed by atoms with Crippen molar-refractivity contribution in [3.8, 4) is 5.75 Å². The number of carboxylic acids is 1. The number of aliphatic hydroxyl groups is 1. The van der Waals surface area contributed by atoms with E-state index in [1.165, 1.54) is 17.8 Å². The molecule has 0 saturated heterocycles. The first-order valence-corrected chi connectivity index (χ1v) is 7.03. The third-order valence-corrected chi connectivity index (χ3v) is 4.07. The van der Waals surface area contributed by atoms with Crippen LogP contribution >= 0.6 is 11.8 Å². The van der Waals surface area contributed by atoms with Crippen molar-refractivity contribution in [3.05, 3.63) is 17.7 Å². The molecule has 1 aromatic carbocycles. The van der Waals surface area contributed by atoms with Gasteiger partial charge in [-0.3, -0.25) is 0 Å². The second kappa shape index (κ2) is 5.84. The summed E-state index contributed by atoms with van der Waals surface area (Å²) in [5.74, 6) is -1.12. The Morgan fingerprint density at radius 3 is 2.81 bits per heavy atom. The standard InChI is InChI=1S/C13H14N2O5S/c14-13(5-16,6-17)3-7-1-9(18)11-10(2-7)21-4-8(15-11)12(19)20/h1-2,5,17-18H,3-4,6,14H2,(H,19,20). The van der Waals surface area contributed by atoms with Crippen LogP contribution in [0.1, 0.15) is 5.56 Å². The van der Waals surface area contributed by atoms with Gasteiger partial charge in [0.25, 0.3) is 0 Å². The van der Waals surface area contributed by atoms with Gasteiger partial charge in [-0.25, -0.2) is 9.79 Å². The monoisotopic (exact) mass is 310 g/mol. The van der Waals surface area contributed by atoms with Crippen molar-refractivity contribution in [1.29, 1.82) is 0 Å². The van der Waals surface area contributed by atoms with Crippen LogP contribution in [0.25, 0.3) is 0 Å². The maximum atomic E-state index is 10.9. The van der Waals surface area contributed by atoms with E-state index in [-0.39, 0.29) is 29.3 Å². The van der Waals surface area contributed by atoms with E-state index in [0.717, 1.165) is 0 Å². The largest absolute Gasteiger partial charge is 0.506 e. The number of carbonyl (C=O) groups is 2. The summed E-state index contributed by atoms with van der Waals surface area (Å²) in [5.41, 5.74) is 5.03. The lowest BCUT2D eigenvalue weighted by Crippen LogP contribution is -2.47. The van der Waals surface area contributed by atoms with Crippen molar-refractivity contribution in [2.45, 2.75) is 16.9 Å². The predicted molar refractivity (Wildman–Crippen MR) is 77.3 cm³/mol. The Labute approximate surface area is 124 Å². The van der Waals surface area contributed by atoms with Crippen LogP contribution in [0.3, 0.4) is 0 Å². The number of benzene rings is 1. The van der Waals surface area contributed by atoms with E-state index < -0.39 is 18.1 Å². The zero-order valence-electron chi connectivity index (χ0n) is 10.9. The van der Waals surface area contributed by atoms with Gasteiger partial charge < -0.3 is 25.8 Å². The lowest BCUT2D eigenvalue weighted by Gasteiger charge is -2.21. The Balaban J connectivity index is 2.37. The summed E-state index contributed by atoms with van der Waals surface area (Å²) in [5, 5.41) is 28.0. The first kappa shape index (κ1) is 15.5. The van der Waals surface area contributed by atoms with Gasteiger partial charge in [-0.15, -0.1) is 11.8 Å². The molecule has 1 unspecified atom stereocenters. The number of carboxylic acid groups (broad SMARTS) is 1. The summed E-state index contributed by atoms with van der Waals surface area (Å²) < 4.78 is 0. The van der Waals surface area contributed by atoms with Gasteiger partial charge in [-0.1, -0.05) is 0 Å². The normalized spacial score (nSPS) is 16.6. The molecule has 2 rings (SSSR count). The highest BCUT2D eigenvalue weighted by atomic mass is 32.2. The molecule has 1 aliphatic heterocycles. The summed E-state index contributed by atoms with van der Waals surface area (Å²) in [6.45, 7) is -0.511. The molecule has 5 N–H and O–H groups in total. The average molecular weight is 310 g/mol. The Morgan fingerprint density at radius 2 is 2.24 bits per heavy atom. The van der Waals surface area contributed by atoms with E-state index in [1.54, 1.807) is 6.07 Å². The number of phenolic OH excluding ortho intramolecular Hbond substituents is 1. The van der Waals surface area contributed by atoms with Crippen LogP contribution in [-0.4, -0.2) is 51.2 Å². The van der Waals surface area contributed by atoms with E-state index in [4.69, 9.17) is 15.9 Å². The number of nitrogens with two attached hydrogens (primary N) is 1. The fourth-order valence-electron chi connectivity index (χ4n) is 1.91. The molecule has 7 nitrogen and oxygen atoms in total. The van der Waals surface area contributed by atoms with Gasteiger partial charge in [0.1, 0.15) is 23.4 Å². The van der Waals surface area contributed by atoms with Gasteiger partial charge in [0.05, 0.1) is 12.1 Å². The second-order valence-electron chi connectivity index (χ2n) is 4.80. The van der Waals surface area contributed by atoms with Crippen LogP contribution in [0.15, 0.2) is 22.0 Å². The molecule has 0 amide bonds. The van der Waals surface area contributed by atoms with E-state index in [0.29, 0.717) is 16.7 Å². The molecule has 0 bridgehead atoms. The molecule has 1 aromatic rings. The highest BCUT2D eigenvalue weighted by Crippen LogP contribution is 2.41. The zero-order valence-corrected chi connectivity index (χ0v) is 11.8. The molecule has 1 atom stereocenters. The number of aliphatic carboxylic acids is 1. The molecule has 112 valence electrons. The lowest BCUT2D eigenvalue weighted by atomic mass is 9.94. The molecule has 0 aliphatic carbocycles. The van der Waals surface area contributed by atoms with Crippen molar-refractivity contribution in [3.63, 3.8) is 0 Å². The molecule has 1 aliphatic rings. The van der Waals surface area contributed by atoms with Crippen LogP contribution in [0.5, 0.6) is 5.75 Å². The maximum absolute atomic E-state index is 10.9. The van der Waals surface area contributed by atoms with Gasteiger partial charge >= 0.3 is 5.97 Å². The molecular formula is C13H14N2O5S. The average Bonchev–Trinajstić information content (AvgIpc) is 2.46. The van der Waals surface area contributed by atoms with Crippen LogP contribution in [-0.2, 0) is 16.0 Å². The SMILES string of the molecule is NC(C=O)(CO)Cc1cc(O)c2c(c1)SCC(C(=O)O)=N2. The number of rotatable bonds is 5. The molecule has 0 fully saturated rings. The summed E-state index contributed by atoms with van der Waals surface area (Å²) in [7, 11) is 0. The molecule has 0 aromatic heterocycles. The minimum atomic E-state index is -1.41. The van der Waals surface area contributed by atoms with E-state index in [9.17, 15) is 14.7 Å². The number of aliphatic imine (C=N–C) groups is 1. The number of thioether (sulfide) groups is 1. The predicted octanol–water partition coefficient (Wildman–Crippen LogP) is 0.0862. The minimum Gasteiger partial charge on any atom is -0.506 e. The fourth-order valence-corrected chi connectivity index (χ4v) is 2.91. The lowest BCUT2D eigenvalue weighted by molar-refractivity contribution is -0.129. The third-order valence-electron chi connectivity index (χ3n) is 3.03. The Bertz CT molecular complexity index is 631. The van der Waals surface area contributed by atoms with Crippen molar-refractivity contribution in [1.82, 2.24) is 0 Å². The quantitative estimate of drug-likeness (QED) is 0.566. The first-order valence-electron chi connectivity index (χ1n) is 6.04. The summed E-state index contributed by atoms with van der Waals surface area (Å²) in [6, 6.07) is 3.05. The second-order valence-corrected chi connectivity index (χ2v) is 5.82. The van der Waals surface area contributed by atoms with E-state index in [2.05, 4.69) is 4.99 Å². The Morgan fingerprint density at radius 1 is 1.52 bits per heavy atom. The number of nitrogens with zero attached hydrogens (tertiary/aromatic N) is 1. The number of aliphatic hydroxyl groups excluding tert-OH is 1. The first-order chi connectivity index (χ1) is 9.88. The van der Waals surface area contributed by atoms with Crippen LogP contribution in [0, 0.1) is 0 Å². The highest BCUT2D eigenvalue weighted by Gasteiger charge is 2.26. The van der Waals surface area contributed by atoms with Gasteiger partial charge in [0, 0.05) is 10.6 Å². The molecular weight excluding hydrogens is 296 g/mol. The van der Waals surface area contributed by atoms with Gasteiger partial charge in [-0.2, -0.15) is 0 Å². The van der Waals surface area contributed by atoms with Crippen molar-refractivity contribution in [2.75, 3.05) is 12.4 Å². The number of aromatic hydroxyl groups is 1. The van der Waals surface area contributed by atoms with E-state index >= 15 is 0 Å². The van der Waals surface area contributed by atoms with Crippen molar-refractivity contribution >= 4 is 35.4 Å². The van der Waals surface area contributed by atoms with Crippen molar-refractivity contribution in [2.24, 2.45) is 10.7 Å². The molecule has 0 radical (unpaired) electrons. The molecule has 21 heavy (non-hydrogen) atoms. The summed E-state index contributed by atoms with van der Waals surface area (Å²) in [6.07, 6.45) is 0.529. The van der Waals surface area contributed by atoms with Gasteiger partial charge in [-0.05, 0) is 24.1 Å². The zero-order chi connectivity index (χ0) is 15.6. The number of hydrogen-bond donors (Lipinski definition) is 4. The summed E-state index contributed by atoms with van der Waals surface area (Å²) in [4.78, 5) is 26.3. The summed E-state index contributed by atoms with van der Waals surface area (Å²) >= 11 is 1.23. The number of carbonyl (C=O) groups excluding carboxylic acids is 1. The molecule has 8 heteroatoms. The van der Waals surface area contributed by atoms with Crippen molar-refractivity contribution < 1.29 is 24.9 Å². The van der Waals surface area contributed by atoms with Crippen LogP contribution in [0.2, 0.25) is 0 Å². The smallest absolute Gasteiger partial charge is 0.351 e. The number of fused-ring (bicyclic) bond motifs is 1. The Kier molecular flexibility index (Phi) is 4.31. The number of phenols is 1. The topological polar surface area (TPSA) is 133 Å². The van der Waals surface area contributed by atoms with E-state index in [1.807, 2.05) is 0 Å². The number of aldehydes is 1. The highest BCUT2D eigenvalue weighted by molar-refractivity contribution is 8.00. The van der Waals surface area contributed by atoms with Crippen LogP contribution < -0.4 is 5.73 Å². The molecule has 0 spiro atoms. The maximum Gasteiger partial charge on any atom is 0.351 e. The molecule has 0 saturated carbocycles. The molecule has 1 heterocycles. The fraction of sp³-hybridized carbons (Fsp3) is 0.308. The van der Waals surface area contributed by atoms with Crippen LogP contribution in [0.4, 0.5) is 5.69 Å². The van der Waals surface area contributed by atoms with Gasteiger partial charge in [0.15, 0.2) is 0 Å². The Hall–Kier alpha value is -1.90. The van der Waals surface area contributed by atoms with Gasteiger partial charge in [0.2, 0.25) is 0 Å². The third kappa shape index (κ3) is 3.23. The number of hydrogen-bond acceptors (Lipinski definition) is 7. The minimum absolute atomic E-state index is 0.0352.